The molecular weight excluding hydrogens is 224 g/mol. The molecule has 1 atom stereocenters. The highest BCUT2D eigenvalue weighted by atomic mass is 35.5. The Kier molecular flexibility index (Phi) is 5.12. The monoisotopic (exact) mass is 242 g/mol. The Morgan fingerprint density at radius 2 is 2.06 bits per heavy atom. The number of nitrogens with two attached hydrogens (primary N) is 1. The summed E-state index contributed by atoms with van der Waals surface area (Å²) >= 11 is 0. The number of hydrogen-bond donors (Lipinski definition) is 1. The molecule has 90 valence electrons. The highest BCUT2D eigenvalue weighted by Gasteiger charge is 2.22. The fraction of sp³-hybridized carbons (Fsp3) is 0.636. The van der Waals surface area contributed by atoms with Crippen LogP contribution in [0.5, 0.6) is 0 Å². The molecule has 4 nitrogen and oxygen atoms in total. The first-order valence-electron chi connectivity index (χ1n) is 5.53. The summed E-state index contributed by atoms with van der Waals surface area (Å²) in [6.45, 7) is 4.32. The molecule has 2 rings (SSSR count). The van der Waals surface area contributed by atoms with Gasteiger partial charge in [0.15, 0.2) is 0 Å². The minimum Gasteiger partial charge on any atom is -0.328 e. The summed E-state index contributed by atoms with van der Waals surface area (Å²) in [5.41, 5.74) is 6.93. The number of nitrogens with zero attached hydrogens (tertiary/aromatic N) is 3. The van der Waals surface area contributed by atoms with E-state index in [0.717, 1.165) is 31.6 Å². The molecule has 1 saturated heterocycles. The lowest BCUT2D eigenvalue weighted by Crippen LogP contribution is -2.41. The lowest BCUT2D eigenvalue weighted by molar-refractivity contribution is 0.160. The Morgan fingerprint density at radius 3 is 2.62 bits per heavy atom. The molecule has 0 aromatic carbocycles. The van der Waals surface area contributed by atoms with E-state index in [0.29, 0.717) is 12.1 Å². The standard InChI is InChI=1S/C11H18N4.ClH/c1-9(11-8-13-4-5-14-11)15-6-2-10(12)3-7-15;/h4-5,8-10H,2-3,6-7,12H2,1H3;1H. The average Bonchev–Trinajstić information content (AvgIpc) is 2.30. The van der Waals surface area contributed by atoms with Crippen molar-refractivity contribution in [3.63, 3.8) is 0 Å². The summed E-state index contributed by atoms with van der Waals surface area (Å²) in [4.78, 5) is 10.9. The van der Waals surface area contributed by atoms with Gasteiger partial charge in [-0.2, -0.15) is 0 Å². The Morgan fingerprint density at radius 1 is 1.38 bits per heavy atom. The van der Waals surface area contributed by atoms with E-state index in [1.54, 1.807) is 12.4 Å². The minimum absolute atomic E-state index is 0. The van der Waals surface area contributed by atoms with Gasteiger partial charge >= 0.3 is 0 Å². The highest BCUT2D eigenvalue weighted by molar-refractivity contribution is 5.85. The van der Waals surface area contributed by atoms with Gasteiger partial charge < -0.3 is 5.73 Å². The number of hydrogen-bond acceptors (Lipinski definition) is 4. The molecule has 5 heteroatoms. The third-order valence-corrected chi connectivity index (χ3v) is 3.13. The average molecular weight is 243 g/mol. The van der Waals surface area contributed by atoms with E-state index in [4.69, 9.17) is 5.73 Å². The predicted molar refractivity (Wildman–Crippen MR) is 66.5 cm³/mol. The van der Waals surface area contributed by atoms with Crippen molar-refractivity contribution in [1.82, 2.24) is 14.9 Å². The third kappa shape index (κ3) is 3.14. The fourth-order valence-electron chi connectivity index (χ4n) is 2.02. The summed E-state index contributed by atoms with van der Waals surface area (Å²) in [5.74, 6) is 0. The van der Waals surface area contributed by atoms with Gasteiger partial charge in [0, 0.05) is 37.7 Å². The van der Waals surface area contributed by atoms with Crippen molar-refractivity contribution in [2.75, 3.05) is 13.1 Å². The molecule has 0 radical (unpaired) electrons. The highest BCUT2D eigenvalue weighted by Crippen LogP contribution is 2.21. The van der Waals surface area contributed by atoms with Crippen LogP contribution in [-0.2, 0) is 0 Å². The Labute approximate surface area is 103 Å². The Balaban J connectivity index is 0.00000128. The zero-order valence-corrected chi connectivity index (χ0v) is 10.4. The van der Waals surface area contributed by atoms with Crippen LogP contribution in [0, 0.1) is 0 Å². The molecule has 1 aliphatic heterocycles. The van der Waals surface area contributed by atoms with Crippen LogP contribution in [0.25, 0.3) is 0 Å². The summed E-state index contributed by atoms with van der Waals surface area (Å²) in [7, 11) is 0. The maximum atomic E-state index is 5.88. The maximum Gasteiger partial charge on any atom is 0.0755 e. The summed E-state index contributed by atoms with van der Waals surface area (Å²) in [6.07, 6.45) is 7.48. The third-order valence-electron chi connectivity index (χ3n) is 3.13. The van der Waals surface area contributed by atoms with Gasteiger partial charge in [-0.25, -0.2) is 0 Å². The number of piperidine rings is 1. The first kappa shape index (κ1) is 13.4. The lowest BCUT2D eigenvalue weighted by atomic mass is 10.0. The second-order valence-electron chi connectivity index (χ2n) is 4.18. The van der Waals surface area contributed by atoms with Gasteiger partial charge in [-0.15, -0.1) is 12.4 Å². The molecule has 0 aliphatic carbocycles. The summed E-state index contributed by atoms with van der Waals surface area (Å²) in [6, 6.07) is 0.738. The summed E-state index contributed by atoms with van der Waals surface area (Å²) in [5, 5.41) is 0. The molecule has 1 aromatic rings. The molecule has 1 fully saturated rings. The number of likely N-dealkylation sites (tertiary alicyclic amines) is 1. The predicted octanol–water partition coefficient (Wildman–Crippen LogP) is 1.38. The second-order valence-corrected chi connectivity index (χ2v) is 4.18. The van der Waals surface area contributed by atoms with E-state index < -0.39 is 0 Å². The van der Waals surface area contributed by atoms with Gasteiger partial charge in [-0.05, 0) is 19.8 Å². The van der Waals surface area contributed by atoms with Gasteiger partial charge in [-0.1, -0.05) is 0 Å². The van der Waals surface area contributed by atoms with Gasteiger partial charge in [-0.3, -0.25) is 14.9 Å². The largest absolute Gasteiger partial charge is 0.328 e. The molecule has 0 bridgehead atoms. The molecule has 1 aromatic heterocycles. The van der Waals surface area contributed by atoms with Crippen LogP contribution < -0.4 is 5.73 Å². The van der Waals surface area contributed by atoms with Crippen molar-refractivity contribution in [2.45, 2.75) is 31.8 Å². The van der Waals surface area contributed by atoms with Crippen molar-refractivity contribution < 1.29 is 0 Å². The van der Waals surface area contributed by atoms with Gasteiger partial charge in [0.1, 0.15) is 0 Å². The molecule has 2 N–H and O–H groups in total. The van der Waals surface area contributed by atoms with E-state index in [2.05, 4.69) is 21.8 Å². The van der Waals surface area contributed by atoms with Crippen LogP contribution in [0.15, 0.2) is 18.6 Å². The van der Waals surface area contributed by atoms with E-state index >= 15 is 0 Å². The lowest BCUT2D eigenvalue weighted by Gasteiger charge is -2.34. The number of aromatic nitrogens is 2. The van der Waals surface area contributed by atoms with Crippen molar-refractivity contribution in [1.29, 1.82) is 0 Å². The minimum atomic E-state index is 0. The molecule has 0 saturated carbocycles. The molecular formula is C11H19ClN4. The van der Waals surface area contributed by atoms with Crippen LogP contribution in [-0.4, -0.2) is 34.0 Å². The van der Waals surface area contributed by atoms with Crippen LogP contribution >= 0.6 is 12.4 Å². The second kappa shape index (κ2) is 6.13. The van der Waals surface area contributed by atoms with Gasteiger partial charge in [0.25, 0.3) is 0 Å². The molecule has 0 amide bonds. The topological polar surface area (TPSA) is 55.0 Å². The van der Waals surface area contributed by atoms with E-state index in [-0.39, 0.29) is 12.4 Å². The normalized spacial score (nSPS) is 20.1. The molecule has 1 unspecified atom stereocenters. The van der Waals surface area contributed by atoms with Gasteiger partial charge in [0.05, 0.1) is 11.7 Å². The van der Waals surface area contributed by atoms with Crippen molar-refractivity contribution in [3.8, 4) is 0 Å². The van der Waals surface area contributed by atoms with Crippen LogP contribution in [0.4, 0.5) is 0 Å². The number of halogens is 1. The Bertz CT molecular complexity index is 298. The van der Waals surface area contributed by atoms with Crippen LogP contribution in [0.3, 0.4) is 0 Å². The van der Waals surface area contributed by atoms with Crippen molar-refractivity contribution in [3.05, 3.63) is 24.3 Å². The SMILES string of the molecule is CC(c1cnccn1)N1CCC(N)CC1.Cl. The molecule has 0 spiro atoms. The quantitative estimate of drug-likeness (QED) is 0.852. The van der Waals surface area contributed by atoms with E-state index in [1.165, 1.54) is 0 Å². The number of rotatable bonds is 2. The molecule has 2 heterocycles. The Hall–Kier alpha value is -0.710. The van der Waals surface area contributed by atoms with E-state index in [9.17, 15) is 0 Å². The van der Waals surface area contributed by atoms with E-state index in [1.807, 2.05) is 6.20 Å². The first-order valence-corrected chi connectivity index (χ1v) is 5.53. The van der Waals surface area contributed by atoms with Gasteiger partial charge in [0.2, 0.25) is 0 Å². The summed E-state index contributed by atoms with van der Waals surface area (Å²) < 4.78 is 0. The van der Waals surface area contributed by atoms with Crippen LogP contribution in [0.1, 0.15) is 31.5 Å². The first-order chi connectivity index (χ1) is 7.27. The smallest absolute Gasteiger partial charge is 0.0755 e. The molecule has 16 heavy (non-hydrogen) atoms. The maximum absolute atomic E-state index is 5.88. The zero-order valence-electron chi connectivity index (χ0n) is 9.54. The van der Waals surface area contributed by atoms with Crippen molar-refractivity contribution in [2.24, 2.45) is 5.73 Å². The van der Waals surface area contributed by atoms with Crippen molar-refractivity contribution >= 4 is 12.4 Å². The molecule has 1 aliphatic rings. The fourth-order valence-corrected chi connectivity index (χ4v) is 2.02. The van der Waals surface area contributed by atoms with Crippen LogP contribution in [0.2, 0.25) is 0 Å². The zero-order chi connectivity index (χ0) is 10.7.